The summed E-state index contributed by atoms with van der Waals surface area (Å²) in [6.45, 7) is 4.05. The molecule has 4 unspecified atom stereocenters. The molecule has 0 saturated carbocycles. The fraction of sp³-hybridized carbons (Fsp3) is 0.600. The molecule has 0 aliphatic carbocycles. The van der Waals surface area contributed by atoms with Gasteiger partial charge in [-0.25, -0.2) is 5.43 Å². The number of nitrogens with zero attached hydrogens (tertiary/aromatic N) is 1. The second-order valence-corrected chi connectivity index (χ2v) is 5.97. The van der Waals surface area contributed by atoms with Gasteiger partial charge in [-0.1, -0.05) is 13.3 Å². The van der Waals surface area contributed by atoms with Crippen molar-refractivity contribution in [3.63, 3.8) is 0 Å². The number of hydrazine groups is 1. The summed E-state index contributed by atoms with van der Waals surface area (Å²) >= 11 is 0. The summed E-state index contributed by atoms with van der Waals surface area (Å²) in [7, 11) is 0. The molecule has 0 spiro atoms. The first-order valence-electron chi connectivity index (χ1n) is 7.57. The number of carbonyl (C=O) groups is 1. The molecule has 6 heteroatoms. The SMILES string of the molecule is CCCC1NNC2NC(=O)CC(c3nc(C)ccc3O)C12. The molecule has 4 N–H and O–H groups in total. The lowest BCUT2D eigenvalue weighted by Gasteiger charge is -2.35. The minimum Gasteiger partial charge on any atom is -0.506 e. The highest BCUT2D eigenvalue weighted by atomic mass is 16.3. The third-order valence-corrected chi connectivity index (χ3v) is 4.45. The van der Waals surface area contributed by atoms with Gasteiger partial charge in [0, 0.05) is 30.0 Å². The summed E-state index contributed by atoms with van der Waals surface area (Å²) < 4.78 is 0. The van der Waals surface area contributed by atoms with Crippen molar-refractivity contribution in [3.05, 3.63) is 23.5 Å². The van der Waals surface area contributed by atoms with E-state index in [-0.39, 0.29) is 35.7 Å². The van der Waals surface area contributed by atoms with Gasteiger partial charge in [0.25, 0.3) is 0 Å². The fourth-order valence-electron chi connectivity index (χ4n) is 3.53. The zero-order chi connectivity index (χ0) is 15.0. The molecule has 0 aromatic carbocycles. The van der Waals surface area contributed by atoms with E-state index in [1.807, 2.05) is 6.92 Å². The number of hydrogen-bond acceptors (Lipinski definition) is 5. The van der Waals surface area contributed by atoms with Crippen LogP contribution in [0.2, 0.25) is 0 Å². The van der Waals surface area contributed by atoms with Crippen molar-refractivity contribution in [2.24, 2.45) is 5.92 Å². The molecule has 0 radical (unpaired) electrons. The Balaban J connectivity index is 1.97. The highest BCUT2D eigenvalue weighted by Crippen LogP contribution is 2.40. The summed E-state index contributed by atoms with van der Waals surface area (Å²) in [6, 6.07) is 3.73. The van der Waals surface area contributed by atoms with Crippen LogP contribution in [0.5, 0.6) is 5.75 Å². The molecule has 1 aromatic rings. The molecule has 3 heterocycles. The largest absolute Gasteiger partial charge is 0.506 e. The second-order valence-electron chi connectivity index (χ2n) is 5.97. The van der Waals surface area contributed by atoms with Gasteiger partial charge in [-0.2, -0.15) is 0 Å². The molecule has 3 rings (SSSR count). The summed E-state index contributed by atoms with van der Waals surface area (Å²) in [6.07, 6.45) is 2.35. The summed E-state index contributed by atoms with van der Waals surface area (Å²) in [5, 5.41) is 13.2. The Hall–Kier alpha value is -1.66. The van der Waals surface area contributed by atoms with Crippen LogP contribution in [0, 0.1) is 12.8 Å². The Kier molecular flexibility index (Phi) is 3.82. The number of hydrogen-bond donors (Lipinski definition) is 4. The minimum absolute atomic E-state index is 0.00426. The lowest BCUT2D eigenvalue weighted by atomic mass is 9.76. The van der Waals surface area contributed by atoms with E-state index >= 15 is 0 Å². The van der Waals surface area contributed by atoms with E-state index in [9.17, 15) is 9.90 Å². The van der Waals surface area contributed by atoms with E-state index in [4.69, 9.17) is 0 Å². The Bertz CT molecular complexity index is 548. The molecule has 6 nitrogen and oxygen atoms in total. The number of carbonyl (C=O) groups excluding carboxylic acids is 1. The van der Waals surface area contributed by atoms with E-state index in [0.717, 1.165) is 18.5 Å². The average Bonchev–Trinajstić information content (AvgIpc) is 2.84. The number of rotatable bonds is 3. The number of amides is 1. The quantitative estimate of drug-likeness (QED) is 0.665. The fourth-order valence-corrected chi connectivity index (χ4v) is 3.53. The first-order chi connectivity index (χ1) is 10.1. The van der Waals surface area contributed by atoms with Gasteiger partial charge in [-0.05, 0) is 25.5 Å². The van der Waals surface area contributed by atoms with Gasteiger partial charge in [0.2, 0.25) is 5.91 Å². The maximum atomic E-state index is 12.0. The molecule has 1 amide bonds. The standard InChI is InChI=1S/C15H22N4O2/c1-3-4-10-13-9(7-12(21)17-15(13)19-18-10)14-11(20)6-5-8(2)16-14/h5-6,9-10,13,15,18-20H,3-4,7H2,1-2H3,(H,17,21). The molecular weight excluding hydrogens is 268 g/mol. The lowest BCUT2D eigenvalue weighted by Crippen LogP contribution is -2.52. The summed E-state index contributed by atoms with van der Waals surface area (Å²) in [5.41, 5.74) is 7.95. The molecule has 0 bridgehead atoms. The van der Waals surface area contributed by atoms with Gasteiger partial charge in [-0.15, -0.1) is 0 Å². The Morgan fingerprint density at radius 3 is 2.95 bits per heavy atom. The maximum Gasteiger partial charge on any atom is 0.221 e. The smallest absolute Gasteiger partial charge is 0.221 e. The van der Waals surface area contributed by atoms with Gasteiger partial charge in [-0.3, -0.25) is 15.2 Å². The summed E-state index contributed by atoms with van der Waals surface area (Å²) in [5.74, 6) is 0.308. The predicted octanol–water partition coefficient (Wildman–Crippen LogP) is 0.918. The predicted molar refractivity (Wildman–Crippen MR) is 78.4 cm³/mol. The van der Waals surface area contributed by atoms with E-state index in [0.29, 0.717) is 12.1 Å². The first kappa shape index (κ1) is 14.3. The number of pyridine rings is 1. The third kappa shape index (κ3) is 2.61. The van der Waals surface area contributed by atoms with Crippen molar-refractivity contribution >= 4 is 5.91 Å². The van der Waals surface area contributed by atoms with Crippen molar-refractivity contribution < 1.29 is 9.90 Å². The van der Waals surface area contributed by atoms with E-state index in [1.165, 1.54) is 0 Å². The molecule has 2 aliphatic heterocycles. The van der Waals surface area contributed by atoms with Crippen LogP contribution in [-0.4, -0.2) is 28.2 Å². The molecule has 2 saturated heterocycles. The zero-order valence-electron chi connectivity index (χ0n) is 12.4. The highest BCUT2D eigenvalue weighted by Gasteiger charge is 2.46. The van der Waals surface area contributed by atoms with Gasteiger partial charge in [0.05, 0.1) is 11.9 Å². The van der Waals surface area contributed by atoms with Crippen LogP contribution in [0.4, 0.5) is 0 Å². The molecule has 2 fully saturated rings. The number of piperidine rings is 1. The Morgan fingerprint density at radius 2 is 2.19 bits per heavy atom. The molecule has 4 atom stereocenters. The van der Waals surface area contributed by atoms with Crippen LogP contribution in [0.1, 0.15) is 43.5 Å². The maximum absolute atomic E-state index is 12.0. The lowest BCUT2D eigenvalue weighted by molar-refractivity contribution is -0.125. The van der Waals surface area contributed by atoms with Crippen LogP contribution in [-0.2, 0) is 4.79 Å². The molecular formula is C15H22N4O2. The Morgan fingerprint density at radius 1 is 1.38 bits per heavy atom. The minimum atomic E-state index is -0.102. The molecule has 21 heavy (non-hydrogen) atoms. The van der Waals surface area contributed by atoms with Crippen LogP contribution in [0.3, 0.4) is 0 Å². The van der Waals surface area contributed by atoms with Crippen LogP contribution in [0.25, 0.3) is 0 Å². The monoisotopic (exact) mass is 290 g/mol. The molecule has 2 aliphatic rings. The van der Waals surface area contributed by atoms with Gasteiger partial charge in [0.1, 0.15) is 5.75 Å². The number of nitrogens with one attached hydrogen (secondary N) is 3. The number of fused-ring (bicyclic) bond motifs is 1. The number of aromatic nitrogens is 1. The van der Waals surface area contributed by atoms with Crippen molar-refractivity contribution in [2.45, 2.75) is 51.2 Å². The summed E-state index contributed by atoms with van der Waals surface area (Å²) in [4.78, 5) is 16.5. The van der Waals surface area contributed by atoms with Crippen molar-refractivity contribution in [2.75, 3.05) is 0 Å². The average molecular weight is 290 g/mol. The number of aromatic hydroxyl groups is 1. The van der Waals surface area contributed by atoms with Gasteiger partial charge >= 0.3 is 0 Å². The van der Waals surface area contributed by atoms with Crippen LogP contribution < -0.4 is 16.2 Å². The zero-order valence-corrected chi connectivity index (χ0v) is 12.4. The van der Waals surface area contributed by atoms with Crippen LogP contribution in [0.15, 0.2) is 12.1 Å². The second kappa shape index (κ2) is 5.61. The first-order valence-corrected chi connectivity index (χ1v) is 7.57. The number of aryl methyl sites for hydroxylation is 1. The van der Waals surface area contributed by atoms with E-state index in [2.05, 4.69) is 28.1 Å². The third-order valence-electron chi connectivity index (χ3n) is 4.45. The van der Waals surface area contributed by atoms with E-state index in [1.54, 1.807) is 12.1 Å². The topological polar surface area (TPSA) is 86.3 Å². The highest BCUT2D eigenvalue weighted by molar-refractivity contribution is 5.78. The normalized spacial score (nSPS) is 31.8. The molecule has 114 valence electrons. The van der Waals surface area contributed by atoms with Crippen molar-refractivity contribution in [3.8, 4) is 5.75 Å². The van der Waals surface area contributed by atoms with Gasteiger partial charge in [0.15, 0.2) is 0 Å². The molecule has 1 aromatic heterocycles. The van der Waals surface area contributed by atoms with Crippen LogP contribution >= 0.6 is 0 Å². The van der Waals surface area contributed by atoms with Crippen molar-refractivity contribution in [1.29, 1.82) is 0 Å². The van der Waals surface area contributed by atoms with E-state index < -0.39 is 0 Å². The van der Waals surface area contributed by atoms with Crippen molar-refractivity contribution in [1.82, 2.24) is 21.2 Å². The Labute approximate surface area is 124 Å². The van der Waals surface area contributed by atoms with Gasteiger partial charge < -0.3 is 10.4 Å².